The van der Waals surface area contributed by atoms with Crippen molar-refractivity contribution in [1.82, 2.24) is 15.0 Å². The summed E-state index contributed by atoms with van der Waals surface area (Å²) in [5, 5.41) is 42.9. The number of fused-ring (bicyclic) bond motifs is 2. The first-order chi connectivity index (χ1) is 22.6. The number of hydrogen-bond donors (Lipinski definition) is 3. The summed E-state index contributed by atoms with van der Waals surface area (Å²) < 4.78 is 21.7. The van der Waals surface area contributed by atoms with E-state index in [-0.39, 0.29) is 50.1 Å². The minimum absolute atomic E-state index is 0.0885. The van der Waals surface area contributed by atoms with Gasteiger partial charge in [-0.1, -0.05) is 48.0 Å². The van der Waals surface area contributed by atoms with E-state index in [4.69, 9.17) is 19.0 Å². The van der Waals surface area contributed by atoms with Crippen LogP contribution in [0.3, 0.4) is 0 Å². The maximum absolute atomic E-state index is 10.3. The highest BCUT2D eigenvalue weighted by atomic mass is 16.7. The van der Waals surface area contributed by atoms with Crippen molar-refractivity contribution in [3.8, 4) is 11.5 Å². The number of unbranched alkanes of at least 4 members (excludes halogenated alkanes) is 2. The maximum Gasteiger partial charge on any atom is 0.241 e. The van der Waals surface area contributed by atoms with Crippen molar-refractivity contribution in [2.24, 2.45) is 22.9 Å². The molecule has 2 aromatic rings. The van der Waals surface area contributed by atoms with Crippen LogP contribution in [0, 0.1) is 17.8 Å². The topological polar surface area (TPSA) is 141 Å². The van der Waals surface area contributed by atoms with Gasteiger partial charge < -0.3 is 34.4 Å². The third kappa shape index (κ3) is 6.64. The normalized spacial score (nSPS) is 27.3. The van der Waals surface area contributed by atoms with Crippen molar-refractivity contribution in [2.75, 3.05) is 33.0 Å². The first-order valence-electron chi connectivity index (χ1n) is 16.5. The molecule has 0 spiro atoms. The van der Waals surface area contributed by atoms with Crippen molar-refractivity contribution >= 4 is 5.71 Å². The van der Waals surface area contributed by atoms with Gasteiger partial charge in [-0.3, -0.25) is 0 Å². The van der Waals surface area contributed by atoms with Crippen molar-refractivity contribution < 1.29 is 34.4 Å². The van der Waals surface area contributed by atoms with Gasteiger partial charge in [-0.2, -0.15) is 0 Å². The molecule has 1 fully saturated rings. The number of rotatable bonds is 18. The molecule has 1 aromatic carbocycles. The molecule has 2 heterocycles. The number of oxime groups is 1. The lowest BCUT2D eigenvalue weighted by Crippen LogP contribution is -2.63. The van der Waals surface area contributed by atoms with Gasteiger partial charge in [0.05, 0.1) is 36.7 Å². The van der Waals surface area contributed by atoms with Crippen LogP contribution in [0.15, 0.2) is 66.5 Å². The van der Waals surface area contributed by atoms with Gasteiger partial charge in [0, 0.05) is 31.1 Å². The molecule has 5 rings (SSSR count). The third-order valence-corrected chi connectivity index (χ3v) is 9.42. The molecule has 0 bridgehead atoms. The predicted octanol–water partition coefficient (Wildman–Crippen LogP) is 4.86. The average Bonchev–Trinajstić information content (AvgIpc) is 3.55. The number of allylic oxidation sites excluding steroid dienone is 1. The van der Waals surface area contributed by atoms with Gasteiger partial charge >= 0.3 is 0 Å². The SMILES string of the molecule is C=CCOc1ccc2c(c1)[C@H]1[C@H](CCCCO)[C@@H](CCCCO)C=C3C(=NOCC)C[C@H](n4nncc4CO)[C@@](OCC=C)(O2)[C@H]31. The lowest BCUT2D eigenvalue weighted by atomic mass is 9.55. The summed E-state index contributed by atoms with van der Waals surface area (Å²) in [6.07, 6.45) is 12.6. The zero-order chi connectivity index (χ0) is 32.5. The standard InChI is InChI=1S/C35H48N4O7/c1-4-17-43-26-13-14-31-29(20-26)33-27(12-8-10-16-41)24(11-7-9-15-40)19-28-30(37-45-6-3)21-32(39-25(23-42)22-36-38-39)35(46-31,34(28)33)44-18-5-2/h4-5,13-14,19-20,22,24,27,32-34,40-42H,1-2,6-12,15-18,21,23H2,3H3/t24-,27+,32-,33+,34+,35+/m0/s1. The van der Waals surface area contributed by atoms with E-state index in [2.05, 4.69) is 40.8 Å². The number of ether oxygens (including phenoxy) is 3. The van der Waals surface area contributed by atoms with Gasteiger partial charge in [0.2, 0.25) is 5.79 Å². The number of benzene rings is 1. The highest BCUT2D eigenvalue weighted by Crippen LogP contribution is 2.63. The van der Waals surface area contributed by atoms with Gasteiger partial charge in [0.1, 0.15) is 30.8 Å². The second-order valence-electron chi connectivity index (χ2n) is 12.1. The van der Waals surface area contributed by atoms with Crippen LogP contribution in [0.1, 0.15) is 75.1 Å². The third-order valence-electron chi connectivity index (χ3n) is 9.42. The second-order valence-corrected chi connectivity index (χ2v) is 12.1. The molecule has 2 aliphatic carbocycles. The first-order valence-corrected chi connectivity index (χ1v) is 16.5. The van der Waals surface area contributed by atoms with E-state index in [1.54, 1.807) is 23.0 Å². The van der Waals surface area contributed by atoms with Gasteiger partial charge in [-0.05, 0) is 68.2 Å². The van der Waals surface area contributed by atoms with E-state index in [9.17, 15) is 15.3 Å². The van der Waals surface area contributed by atoms with E-state index >= 15 is 0 Å². The van der Waals surface area contributed by atoms with Gasteiger partial charge in [-0.15, -0.1) is 11.7 Å². The summed E-state index contributed by atoms with van der Waals surface area (Å²) in [7, 11) is 0. The smallest absolute Gasteiger partial charge is 0.241 e. The Morgan fingerprint density at radius 3 is 2.59 bits per heavy atom. The summed E-state index contributed by atoms with van der Waals surface area (Å²) in [4.78, 5) is 5.72. The molecule has 0 amide bonds. The first kappa shape index (κ1) is 33.8. The Kier molecular flexibility index (Phi) is 11.7. The lowest BCUT2D eigenvalue weighted by molar-refractivity contribution is -0.252. The van der Waals surface area contributed by atoms with Crippen molar-refractivity contribution in [1.29, 1.82) is 0 Å². The van der Waals surface area contributed by atoms with E-state index in [0.29, 0.717) is 37.5 Å². The Hall–Kier alpha value is -3.51. The van der Waals surface area contributed by atoms with Crippen molar-refractivity contribution in [2.45, 2.75) is 76.2 Å². The van der Waals surface area contributed by atoms with Crippen LogP contribution in [-0.4, -0.2) is 74.8 Å². The van der Waals surface area contributed by atoms with E-state index in [1.165, 1.54) is 0 Å². The van der Waals surface area contributed by atoms with Gasteiger partial charge in [0.15, 0.2) is 0 Å². The molecular weight excluding hydrogens is 588 g/mol. The summed E-state index contributed by atoms with van der Waals surface area (Å²) in [5.41, 5.74) is 3.35. The highest BCUT2D eigenvalue weighted by Gasteiger charge is 2.65. The molecular formula is C35H48N4O7. The molecule has 11 heteroatoms. The molecule has 1 aromatic heterocycles. The Morgan fingerprint density at radius 2 is 1.87 bits per heavy atom. The summed E-state index contributed by atoms with van der Waals surface area (Å²) in [6, 6.07) is 5.37. The summed E-state index contributed by atoms with van der Waals surface area (Å²) in [6.45, 7) is 10.7. The zero-order valence-corrected chi connectivity index (χ0v) is 26.8. The Bertz CT molecular complexity index is 1390. The molecule has 250 valence electrons. The van der Waals surface area contributed by atoms with Crippen molar-refractivity contribution in [3.05, 3.63) is 72.6 Å². The van der Waals surface area contributed by atoms with Crippen LogP contribution in [0.4, 0.5) is 0 Å². The van der Waals surface area contributed by atoms with E-state index in [0.717, 1.165) is 54.7 Å². The average molecular weight is 637 g/mol. The van der Waals surface area contributed by atoms with Gasteiger partial charge in [0.25, 0.3) is 0 Å². The fourth-order valence-corrected chi connectivity index (χ4v) is 7.61. The van der Waals surface area contributed by atoms with Crippen LogP contribution in [0.5, 0.6) is 11.5 Å². The fraction of sp³-hybridized carbons (Fsp3) is 0.571. The molecule has 1 saturated carbocycles. The lowest BCUT2D eigenvalue weighted by Gasteiger charge is -2.58. The summed E-state index contributed by atoms with van der Waals surface area (Å²) in [5.74, 6) is 0.0620. The van der Waals surface area contributed by atoms with E-state index < -0.39 is 11.8 Å². The van der Waals surface area contributed by atoms with Crippen molar-refractivity contribution in [3.63, 3.8) is 0 Å². The van der Waals surface area contributed by atoms with Crippen LogP contribution in [0.2, 0.25) is 0 Å². The molecule has 6 atom stereocenters. The molecule has 3 N–H and O–H groups in total. The number of aromatic nitrogens is 3. The number of nitrogens with zero attached hydrogens (tertiary/aromatic N) is 4. The van der Waals surface area contributed by atoms with Crippen LogP contribution >= 0.6 is 0 Å². The van der Waals surface area contributed by atoms with Crippen LogP contribution in [-0.2, 0) is 16.2 Å². The molecule has 1 aliphatic heterocycles. The van der Waals surface area contributed by atoms with Crippen LogP contribution < -0.4 is 9.47 Å². The molecule has 0 radical (unpaired) electrons. The monoisotopic (exact) mass is 636 g/mol. The minimum atomic E-state index is -1.25. The van der Waals surface area contributed by atoms with E-state index in [1.807, 2.05) is 19.1 Å². The summed E-state index contributed by atoms with van der Waals surface area (Å²) >= 11 is 0. The zero-order valence-electron chi connectivity index (χ0n) is 26.8. The molecule has 11 nitrogen and oxygen atoms in total. The number of aliphatic hydroxyl groups excluding tert-OH is 3. The quantitative estimate of drug-likeness (QED) is 0.119. The second kappa shape index (κ2) is 15.9. The Morgan fingerprint density at radius 1 is 1.09 bits per heavy atom. The highest BCUT2D eigenvalue weighted by molar-refractivity contribution is 6.02. The molecule has 0 saturated heterocycles. The van der Waals surface area contributed by atoms with Crippen LogP contribution in [0.25, 0.3) is 0 Å². The fourth-order valence-electron chi connectivity index (χ4n) is 7.61. The molecule has 46 heavy (non-hydrogen) atoms. The molecule has 0 unspecified atom stereocenters. The Labute approximate surface area is 271 Å². The Balaban J connectivity index is 1.78. The number of hydrogen-bond acceptors (Lipinski definition) is 10. The molecule has 3 aliphatic rings. The van der Waals surface area contributed by atoms with Gasteiger partial charge in [-0.25, -0.2) is 4.68 Å². The largest absolute Gasteiger partial charge is 0.490 e. The number of aliphatic hydroxyl groups is 3. The maximum atomic E-state index is 10.3. The predicted molar refractivity (Wildman–Crippen MR) is 173 cm³/mol. The minimum Gasteiger partial charge on any atom is -0.490 e.